The Labute approximate surface area is 104 Å². The number of morpholine rings is 1. The molecule has 100 valence electrons. The molecule has 0 aromatic rings. The van der Waals surface area contributed by atoms with E-state index in [1.807, 2.05) is 0 Å². The van der Waals surface area contributed by atoms with Crippen LogP contribution in [0.4, 0.5) is 0 Å². The smallest absolute Gasteiger partial charge is 0.326 e. The van der Waals surface area contributed by atoms with Gasteiger partial charge in [-0.15, -0.1) is 0 Å². The lowest BCUT2D eigenvalue weighted by Crippen LogP contribution is -2.49. The lowest BCUT2D eigenvalue weighted by molar-refractivity contribution is -0.149. The number of ether oxygens (including phenoxy) is 1. The topological polar surface area (TPSA) is 87.2 Å². The number of likely N-dealkylation sites (tertiary alicyclic amines) is 1. The van der Waals surface area contributed by atoms with Gasteiger partial charge in [-0.25, -0.2) is 4.79 Å². The minimum absolute atomic E-state index is 0.143. The Bertz CT molecular complexity index is 364. The first kappa shape index (κ1) is 12.8. The van der Waals surface area contributed by atoms with E-state index in [1.165, 1.54) is 4.90 Å². The van der Waals surface area contributed by atoms with Gasteiger partial charge in [0.25, 0.3) is 0 Å². The average molecular weight is 256 g/mol. The van der Waals surface area contributed by atoms with E-state index in [4.69, 9.17) is 9.84 Å². The fraction of sp³-hybridized carbons (Fsp3) is 0.727. The Balaban J connectivity index is 1.96. The van der Waals surface area contributed by atoms with Crippen LogP contribution in [0.25, 0.3) is 0 Å². The van der Waals surface area contributed by atoms with Crippen molar-refractivity contribution in [3.63, 3.8) is 0 Å². The molecule has 1 atom stereocenters. The van der Waals surface area contributed by atoms with Crippen LogP contribution in [0, 0.1) is 0 Å². The van der Waals surface area contributed by atoms with Crippen LogP contribution in [0.3, 0.4) is 0 Å². The van der Waals surface area contributed by atoms with E-state index in [1.54, 1.807) is 4.90 Å². The number of carbonyl (C=O) groups excluding carboxylic acids is 2. The maximum Gasteiger partial charge on any atom is 0.326 e. The molecule has 2 heterocycles. The summed E-state index contributed by atoms with van der Waals surface area (Å²) in [6.45, 7) is 1.83. The molecule has 0 radical (unpaired) electrons. The number of amides is 2. The number of rotatable bonds is 3. The molecule has 1 N–H and O–H groups in total. The molecule has 2 rings (SSSR count). The number of carboxylic acid groups (broad SMARTS) is 1. The largest absolute Gasteiger partial charge is 0.480 e. The maximum absolute atomic E-state index is 12.0. The fourth-order valence-corrected chi connectivity index (χ4v) is 2.25. The van der Waals surface area contributed by atoms with Gasteiger partial charge in [0.05, 0.1) is 13.2 Å². The van der Waals surface area contributed by atoms with Crippen molar-refractivity contribution < 1.29 is 24.2 Å². The molecule has 0 spiro atoms. The highest BCUT2D eigenvalue weighted by molar-refractivity contribution is 5.91. The lowest BCUT2D eigenvalue weighted by atomic mass is 10.2. The monoisotopic (exact) mass is 256 g/mol. The summed E-state index contributed by atoms with van der Waals surface area (Å²) in [5.74, 6) is -1.51. The van der Waals surface area contributed by atoms with E-state index in [2.05, 4.69) is 0 Å². The van der Waals surface area contributed by atoms with E-state index >= 15 is 0 Å². The molecule has 0 aliphatic carbocycles. The van der Waals surface area contributed by atoms with Crippen molar-refractivity contribution in [1.82, 2.24) is 9.80 Å². The molecule has 0 aromatic carbocycles. The molecule has 7 nitrogen and oxygen atoms in total. The highest BCUT2D eigenvalue weighted by Gasteiger charge is 2.37. The molecule has 0 saturated carbocycles. The normalized spacial score (nSPS) is 24.4. The maximum atomic E-state index is 12.0. The summed E-state index contributed by atoms with van der Waals surface area (Å²) in [6.07, 6.45) is 0.484. The summed E-state index contributed by atoms with van der Waals surface area (Å²) in [7, 11) is 0. The molecule has 2 aliphatic heterocycles. The second kappa shape index (κ2) is 5.34. The summed E-state index contributed by atoms with van der Waals surface area (Å²) >= 11 is 0. The quantitative estimate of drug-likeness (QED) is 0.694. The van der Waals surface area contributed by atoms with Gasteiger partial charge in [-0.2, -0.15) is 0 Å². The molecular formula is C11H16N2O5. The zero-order valence-electron chi connectivity index (χ0n) is 10.0. The molecule has 2 amide bonds. The lowest BCUT2D eigenvalue weighted by Gasteiger charge is -2.29. The van der Waals surface area contributed by atoms with Crippen molar-refractivity contribution in [3.05, 3.63) is 0 Å². The van der Waals surface area contributed by atoms with Crippen molar-refractivity contribution in [2.24, 2.45) is 0 Å². The van der Waals surface area contributed by atoms with Gasteiger partial charge >= 0.3 is 5.97 Å². The Morgan fingerprint density at radius 3 is 2.61 bits per heavy atom. The van der Waals surface area contributed by atoms with E-state index < -0.39 is 12.0 Å². The predicted octanol–water partition coefficient (Wildman–Crippen LogP) is -1.08. The zero-order valence-corrected chi connectivity index (χ0v) is 10.0. The van der Waals surface area contributed by atoms with Crippen molar-refractivity contribution in [1.29, 1.82) is 0 Å². The number of aliphatic carboxylic acids is 1. The van der Waals surface area contributed by atoms with Gasteiger partial charge in [0, 0.05) is 19.5 Å². The number of carbonyl (C=O) groups is 3. The summed E-state index contributed by atoms with van der Waals surface area (Å²) in [5.41, 5.74) is 0. The first-order valence-electron chi connectivity index (χ1n) is 5.97. The van der Waals surface area contributed by atoms with Crippen LogP contribution >= 0.6 is 0 Å². The molecule has 0 bridgehead atoms. The molecular weight excluding hydrogens is 240 g/mol. The van der Waals surface area contributed by atoms with E-state index in [9.17, 15) is 14.4 Å². The Kier molecular flexibility index (Phi) is 3.81. The predicted molar refractivity (Wildman–Crippen MR) is 59.8 cm³/mol. The molecule has 2 fully saturated rings. The first-order chi connectivity index (χ1) is 8.59. The van der Waals surface area contributed by atoms with Crippen LogP contribution in [0.15, 0.2) is 0 Å². The van der Waals surface area contributed by atoms with Crippen molar-refractivity contribution in [2.45, 2.75) is 18.9 Å². The Hall–Kier alpha value is -1.63. The highest BCUT2D eigenvalue weighted by atomic mass is 16.5. The van der Waals surface area contributed by atoms with E-state index in [0.29, 0.717) is 26.3 Å². The van der Waals surface area contributed by atoms with Gasteiger partial charge in [0.2, 0.25) is 11.8 Å². The molecule has 1 unspecified atom stereocenters. The minimum atomic E-state index is -1.05. The summed E-state index contributed by atoms with van der Waals surface area (Å²) in [4.78, 5) is 37.3. The molecule has 0 aromatic heterocycles. The molecule has 2 saturated heterocycles. The van der Waals surface area contributed by atoms with Gasteiger partial charge in [0.15, 0.2) is 0 Å². The number of nitrogens with zero attached hydrogens (tertiary/aromatic N) is 2. The van der Waals surface area contributed by atoms with Crippen LogP contribution in [0.1, 0.15) is 12.8 Å². The van der Waals surface area contributed by atoms with Crippen molar-refractivity contribution in [3.8, 4) is 0 Å². The van der Waals surface area contributed by atoms with E-state index in [0.717, 1.165) is 0 Å². The van der Waals surface area contributed by atoms with Crippen molar-refractivity contribution >= 4 is 17.8 Å². The average Bonchev–Trinajstić information content (AvgIpc) is 2.72. The number of hydrogen-bond acceptors (Lipinski definition) is 4. The third-order valence-corrected chi connectivity index (χ3v) is 3.28. The zero-order chi connectivity index (χ0) is 13.1. The van der Waals surface area contributed by atoms with Gasteiger partial charge in [0.1, 0.15) is 12.6 Å². The minimum Gasteiger partial charge on any atom is -0.480 e. The fourth-order valence-electron chi connectivity index (χ4n) is 2.25. The molecule has 18 heavy (non-hydrogen) atoms. The van der Waals surface area contributed by atoms with E-state index in [-0.39, 0.29) is 31.2 Å². The van der Waals surface area contributed by atoms with Crippen LogP contribution in [-0.2, 0) is 19.1 Å². The van der Waals surface area contributed by atoms with Gasteiger partial charge in [-0.3, -0.25) is 9.59 Å². The SMILES string of the molecule is O=C(O)C1CCC(=O)N1CC(=O)N1CCOCC1. The van der Waals surface area contributed by atoms with Crippen LogP contribution < -0.4 is 0 Å². The van der Waals surface area contributed by atoms with Gasteiger partial charge < -0.3 is 19.6 Å². The summed E-state index contributed by atoms with van der Waals surface area (Å²) in [6, 6.07) is -0.859. The first-order valence-corrected chi connectivity index (χ1v) is 5.97. The van der Waals surface area contributed by atoms with Crippen molar-refractivity contribution in [2.75, 3.05) is 32.8 Å². The third-order valence-electron chi connectivity index (χ3n) is 3.28. The molecule has 2 aliphatic rings. The number of hydrogen-bond donors (Lipinski definition) is 1. The molecule has 7 heteroatoms. The van der Waals surface area contributed by atoms with Gasteiger partial charge in [-0.05, 0) is 6.42 Å². The summed E-state index contributed by atoms with van der Waals surface area (Å²) < 4.78 is 5.13. The highest BCUT2D eigenvalue weighted by Crippen LogP contribution is 2.19. The van der Waals surface area contributed by atoms with Crippen LogP contribution in [0.5, 0.6) is 0 Å². The Morgan fingerprint density at radius 2 is 2.00 bits per heavy atom. The Morgan fingerprint density at radius 1 is 1.33 bits per heavy atom. The second-order valence-corrected chi connectivity index (χ2v) is 4.41. The van der Waals surface area contributed by atoms with Crippen LogP contribution in [0.2, 0.25) is 0 Å². The van der Waals surface area contributed by atoms with Gasteiger partial charge in [-0.1, -0.05) is 0 Å². The third kappa shape index (κ3) is 2.61. The second-order valence-electron chi connectivity index (χ2n) is 4.41. The summed E-state index contributed by atoms with van der Waals surface area (Å²) in [5, 5.41) is 8.99. The number of carboxylic acids is 1. The van der Waals surface area contributed by atoms with Crippen LogP contribution in [-0.4, -0.2) is 71.6 Å². The standard InChI is InChI=1S/C11H16N2O5/c14-9-2-1-8(11(16)17)13(9)7-10(15)12-3-5-18-6-4-12/h8H,1-7H2,(H,16,17).